The Morgan fingerprint density at radius 1 is 1.64 bits per heavy atom. The van der Waals surface area contributed by atoms with Crippen LogP contribution >= 0.6 is 0 Å². The molecule has 0 radical (unpaired) electrons. The quantitative estimate of drug-likeness (QED) is 0.769. The van der Waals surface area contributed by atoms with Crippen LogP contribution < -0.4 is 9.47 Å². The molecule has 4 nitrogen and oxygen atoms in total. The van der Waals surface area contributed by atoms with Crippen LogP contribution in [-0.2, 0) is 4.79 Å². The molecule has 0 spiro atoms. The number of para-hydroxylation sites is 1. The highest BCUT2D eigenvalue weighted by Gasteiger charge is 2.32. The van der Waals surface area contributed by atoms with Gasteiger partial charge in [0.2, 0.25) is 0 Å². The van der Waals surface area contributed by atoms with Crippen molar-refractivity contribution in [3.05, 3.63) is 23.8 Å². The van der Waals surface area contributed by atoms with E-state index in [2.05, 4.69) is 0 Å². The van der Waals surface area contributed by atoms with Crippen molar-refractivity contribution in [2.45, 2.75) is 5.92 Å². The minimum atomic E-state index is -0.864. The van der Waals surface area contributed by atoms with Crippen molar-refractivity contribution in [2.75, 3.05) is 13.7 Å². The summed E-state index contributed by atoms with van der Waals surface area (Å²) in [5.74, 6) is -0.286. The summed E-state index contributed by atoms with van der Waals surface area (Å²) < 4.78 is 10.4. The summed E-state index contributed by atoms with van der Waals surface area (Å²) in [4.78, 5) is 10.8. The Morgan fingerprint density at radius 3 is 3.07 bits per heavy atom. The van der Waals surface area contributed by atoms with Crippen LogP contribution in [0.25, 0.3) is 0 Å². The predicted octanol–water partition coefficient (Wildman–Crippen LogP) is 1.26. The van der Waals surface area contributed by atoms with Gasteiger partial charge in [0.15, 0.2) is 11.5 Å². The second-order valence-corrected chi connectivity index (χ2v) is 3.08. The van der Waals surface area contributed by atoms with Gasteiger partial charge in [-0.15, -0.1) is 0 Å². The molecule has 1 aliphatic heterocycles. The van der Waals surface area contributed by atoms with Gasteiger partial charge in [0, 0.05) is 5.56 Å². The van der Waals surface area contributed by atoms with Crippen molar-refractivity contribution in [3.8, 4) is 11.5 Å². The van der Waals surface area contributed by atoms with Crippen LogP contribution in [0, 0.1) is 0 Å². The third-order valence-corrected chi connectivity index (χ3v) is 2.30. The summed E-state index contributed by atoms with van der Waals surface area (Å²) in [5.41, 5.74) is 0.692. The summed E-state index contributed by atoms with van der Waals surface area (Å²) in [7, 11) is 1.53. The van der Waals surface area contributed by atoms with Gasteiger partial charge in [-0.05, 0) is 6.07 Å². The standard InChI is InChI=1S/C10H10O4/c1-13-8-4-2-3-6-7(10(11)12)5-14-9(6)8/h2-4,7H,5H2,1H3,(H,11,12)/t7-/m0/s1. The molecule has 0 aromatic heterocycles. The van der Waals surface area contributed by atoms with Crippen LogP contribution in [0.5, 0.6) is 11.5 Å². The van der Waals surface area contributed by atoms with Gasteiger partial charge in [-0.2, -0.15) is 0 Å². The van der Waals surface area contributed by atoms with Crippen molar-refractivity contribution in [3.63, 3.8) is 0 Å². The first-order chi connectivity index (χ1) is 6.74. The van der Waals surface area contributed by atoms with Crippen LogP contribution in [0.4, 0.5) is 0 Å². The monoisotopic (exact) mass is 194 g/mol. The second kappa shape index (κ2) is 3.21. The molecule has 1 heterocycles. The van der Waals surface area contributed by atoms with Crippen LogP contribution in [0.3, 0.4) is 0 Å². The lowest BCUT2D eigenvalue weighted by atomic mass is 10.0. The van der Waals surface area contributed by atoms with Gasteiger partial charge in [-0.3, -0.25) is 4.79 Å². The first-order valence-corrected chi connectivity index (χ1v) is 4.26. The summed E-state index contributed by atoms with van der Waals surface area (Å²) in [6, 6.07) is 5.27. The van der Waals surface area contributed by atoms with Gasteiger partial charge in [-0.25, -0.2) is 0 Å². The van der Waals surface area contributed by atoms with Gasteiger partial charge < -0.3 is 14.6 Å². The molecule has 2 rings (SSSR count). The first kappa shape index (κ1) is 8.87. The van der Waals surface area contributed by atoms with Gasteiger partial charge in [0.25, 0.3) is 0 Å². The summed E-state index contributed by atoms with van der Waals surface area (Å²) in [5, 5.41) is 8.90. The molecule has 0 bridgehead atoms. The maximum atomic E-state index is 10.8. The molecule has 1 aromatic carbocycles. The maximum Gasteiger partial charge on any atom is 0.314 e. The molecular weight excluding hydrogens is 184 g/mol. The molecule has 0 amide bonds. The predicted molar refractivity (Wildman–Crippen MR) is 48.9 cm³/mol. The second-order valence-electron chi connectivity index (χ2n) is 3.08. The van der Waals surface area contributed by atoms with Crippen LogP contribution in [0.1, 0.15) is 11.5 Å². The summed E-state index contributed by atoms with van der Waals surface area (Å²) >= 11 is 0. The number of rotatable bonds is 2. The van der Waals surface area contributed by atoms with Gasteiger partial charge >= 0.3 is 5.97 Å². The van der Waals surface area contributed by atoms with Crippen LogP contribution in [0.15, 0.2) is 18.2 Å². The molecule has 0 unspecified atom stereocenters. The minimum absolute atomic E-state index is 0.186. The molecule has 1 aliphatic rings. The zero-order valence-electron chi connectivity index (χ0n) is 7.69. The zero-order chi connectivity index (χ0) is 10.1. The normalized spacial score (nSPS) is 18.5. The number of benzene rings is 1. The number of hydrogen-bond donors (Lipinski definition) is 1. The molecule has 14 heavy (non-hydrogen) atoms. The lowest BCUT2D eigenvalue weighted by Gasteiger charge is -2.05. The van der Waals surface area contributed by atoms with E-state index in [-0.39, 0.29) is 6.61 Å². The molecule has 0 saturated carbocycles. The van der Waals surface area contributed by atoms with Crippen molar-refractivity contribution >= 4 is 5.97 Å². The fraction of sp³-hybridized carbons (Fsp3) is 0.300. The van der Waals surface area contributed by atoms with E-state index in [0.717, 1.165) is 0 Å². The number of carbonyl (C=O) groups is 1. The Balaban J connectivity index is 2.46. The Labute approximate surface area is 81.1 Å². The van der Waals surface area contributed by atoms with Gasteiger partial charge in [-0.1, -0.05) is 12.1 Å². The molecule has 0 saturated heterocycles. The number of fused-ring (bicyclic) bond motifs is 1. The van der Waals surface area contributed by atoms with E-state index in [9.17, 15) is 4.79 Å². The molecule has 74 valence electrons. The van der Waals surface area contributed by atoms with Crippen LogP contribution in [-0.4, -0.2) is 24.8 Å². The van der Waals surface area contributed by atoms with Gasteiger partial charge in [0.1, 0.15) is 12.5 Å². The highest BCUT2D eigenvalue weighted by molar-refractivity contribution is 5.79. The zero-order valence-corrected chi connectivity index (χ0v) is 7.69. The minimum Gasteiger partial charge on any atom is -0.493 e. The largest absolute Gasteiger partial charge is 0.493 e. The van der Waals surface area contributed by atoms with Crippen molar-refractivity contribution in [1.29, 1.82) is 0 Å². The van der Waals surface area contributed by atoms with E-state index in [4.69, 9.17) is 14.6 Å². The van der Waals surface area contributed by atoms with Crippen molar-refractivity contribution in [1.82, 2.24) is 0 Å². The average Bonchev–Trinajstić information content (AvgIpc) is 2.60. The molecule has 4 heteroatoms. The molecular formula is C10H10O4. The molecule has 0 aliphatic carbocycles. The molecule has 1 N–H and O–H groups in total. The Hall–Kier alpha value is -1.71. The maximum absolute atomic E-state index is 10.8. The Kier molecular flexibility index (Phi) is 2.04. The lowest BCUT2D eigenvalue weighted by molar-refractivity contribution is -0.138. The van der Waals surface area contributed by atoms with E-state index in [1.165, 1.54) is 7.11 Å². The highest BCUT2D eigenvalue weighted by atomic mass is 16.5. The number of hydrogen-bond acceptors (Lipinski definition) is 3. The van der Waals surface area contributed by atoms with E-state index >= 15 is 0 Å². The van der Waals surface area contributed by atoms with E-state index in [1.807, 2.05) is 0 Å². The number of ether oxygens (including phenoxy) is 2. The number of aliphatic carboxylic acids is 1. The summed E-state index contributed by atoms with van der Waals surface area (Å²) in [6.07, 6.45) is 0. The third-order valence-electron chi connectivity index (χ3n) is 2.30. The number of carboxylic acid groups (broad SMARTS) is 1. The van der Waals surface area contributed by atoms with Crippen LogP contribution in [0.2, 0.25) is 0 Å². The summed E-state index contributed by atoms with van der Waals surface area (Å²) in [6.45, 7) is 0.186. The number of methoxy groups -OCH3 is 1. The average molecular weight is 194 g/mol. The Morgan fingerprint density at radius 2 is 2.43 bits per heavy atom. The topological polar surface area (TPSA) is 55.8 Å². The fourth-order valence-corrected chi connectivity index (χ4v) is 1.58. The first-order valence-electron chi connectivity index (χ1n) is 4.26. The van der Waals surface area contributed by atoms with E-state index < -0.39 is 11.9 Å². The number of carboxylic acids is 1. The lowest BCUT2D eigenvalue weighted by Crippen LogP contribution is -2.12. The molecule has 0 fully saturated rings. The Bertz CT molecular complexity index is 372. The van der Waals surface area contributed by atoms with Gasteiger partial charge in [0.05, 0.1) is 7.11 Å². The van der Waals surface area contributed by atoms with Crippen molar-refractivity contribution < 1.29 is 19.4 Å². The molecule has 1 aromatic rings. The fourth-order valence-electron chi connectivity index (χ4n) is 1.58. The highest BCUT2D eigenvalue weighted by Crippen LogP contribution is 2.40. The van der Waals surface area contributed by atoms with Crippen molar-refractivity contribution in [2.24, 2.45) is 0 Å². The SMILES string of the molecule is COc1cccc2c1OC[C@@H]2C(=O)O. The van der Waals surface area contributed by atoms with E-state index in [1.54, 1.807) is 18.2 Å². The van der Waals surface area contributed by atoms with E-state index in [0.29, 0.717) is 17.1 Å². The third kappa shape index (κ3) is 1.19. The smallest absolute Gasteiger partial charge is 0.314 e. The molecule has 1 atom stereocenters.